The first-order valence-corrected chi connectivity index (χ1v) is 3.96. The molecular weight excluding hydrogens is 120 g/mol. The van der Waals surface area contributed by atoms with Crippen molar-refractivity contribution in [2.24, 2.45) is 11.3 Å². The van der Waals surface area contributed by atoms with E-state index in [0.29, 0.717) is 11.3 Å². The molecule has 1 rings (SSSR count). The van der Waals surface area contributed by atoms with Gasteiger partial charge in [-0.05, 0) is 38.5 Å². The van der Waals surface area contributed by atoms with Crippen molar-refractivity contribution < 1.29 is 0 Å². The summed E-state index contributed by atoms with van der Waals surface area (Å²) in [6, 6.07) is 0. The van der Waals surface area contributed by atoms with Crippen molar-refractivity contribution in [2.75, 3.05) is 0 Å². The summed E-state index contributed by atoms with van der Waals surface area (Å²) in [5, 5.41) is 0. The highest BCUT2D eigenvalue weighted by Crippen LogP contribution is 2.51. The summed E-state index contributed by atoms with van der Waals surface area (Å²) in [6.07, 6.45) is 1.22. The Bertz CT molecular complexity index is 168. The summed E-state index contributed by atoms with van der Waals surface area (Å²) in [5.41, 5.74) is 3.50. The van der Waals surface area contributed by atoms with E-state index in [1.165, 1.54) is 12.0 Å². The molecule has 0 aromatic heterocycles. The second kappa shape index (κ2) is 2.11. The first-order valence-electron chi connectivity index (χ1n) is 3.96. The molecule has 0 bridgehead atoms. The average Bonchev–Trinajstić information content (AvgIpc) is 1.82. The molecule has 1 aliphatic carbocycles. The Labute approximate surface area is 64.3 Å². The van der Waals surface area contributed by atoms with Crippen molar-refractivity contribution in [3.63, 3.8) is 0 Å². The third-order valence-corrected chi connectivity index (χ3v) is 2.85. The van der Waals surface area contributed by atoms with E-state index >= 15 is 0 Å². The van der Waals surface area contributed by atoms with Crippen LogP contribution in [0.3, 0.4) is 0 Å². The van der Waals surface area contributed by atoms with Crippen molar-refractivity contribution in [1.29, 1.82) is 0 Å². The fourth-order valence-electron chi connectivity index (χ4n) is 1.73. The zero-order valence-corrected chi connectivity index (χ0v) is 7.49. The Morgan fingerprint density at radius 2 is 2.00 bits per heavy atom. The summed E-state index contributed by atoms with van der Waals surface area (Å²) in [7, 11) is 0. The lowest BCUT2D eigenvalue weighted by Crippen LogP contribution is -2.36. The minimum atomic E-state index is 0.388. The molecule has 0 aromatic carbocycles. The summed E-state index contributed by atoms with van der Waals surface area (Å²) in [6.45, 7) is 13.1. The fourth-order valence-corrected chi connectivity index (χ4v) is 1.73. The molecule has 0 aromatic rings. The Balaban J connectivity index is 2.83. The van der Waals surface area contributed by atoms with Gasteiger partial charge in [0.1, 0.15) is 0 Å². The molecular formula is C10H17. The summed E-state index contributed by atoms with van der Waals surface area (Å²) in [4.78, 5) is 0. The molecule has 0 aliphatic heterocycles. The molecule has 1 aliphatic rings. The minimum Gasteiger partial charge on any atom is -0.0767 e. The van der Waals surface area contributed by atoms with Crippen molar-refractivity contribution in [3.8, 4) is 0 Å². The lowest BCUT2D eigenvalue weighted by molar-refractivity contribution is 0.211. The maximum absolute atomic E-state index is 4.10. The fraction of sp³-hybridized carbons (Fsp3) is 0.700. The second-order valence-corrected chi connectivity index (χ2v) is 4.10. The van der Waals surface area contributed by atoms with Gasteiger partial charge in [-0.25, -0.2) is 0 Å². The smallest absolute Gasteiger partial charge is 0.0111 e. The lowest BCUT2D eigenvalue weighted by Gasteiger charge is -2.46. The van der Waals surface area contributed by atoms with Crippen LogP contribution in [0, 0.1) is 18.3 Å². The highest BCUT2D eigenvalue weighted by Gasteiger charge is 2.40. The Kier molecular flexibility index (Phi) is 1.66. The van der Waals surface area contributed by atoms with E-state index in [9.17, 15) is 0 Å². The predicted molar refractivity (Wildman–Crippen MR) is 45.6 cm³/mol. The predicted octanol–water partition coefficient (Wildman–Crippen LogP) is 3.20. The molecule has 0 saturated heterocycles. The van der Waals surface area contributed by atoms with E-state index in [4.69, 9.17) is 0 Å². The molecule has 0 heterocycles. The summed E-state index contributed by atoms with van der Waals surface area (Å²) < 4.78 is 0. The van der Waals surface area contributed by atoms with Crippen LogP contribution in [0.2, 0.25) is 0 Å². The number of allylic oxidation sites excluding steroid dienone is 2. The molecule has 1 atom stereocenters. The van der Waals surface area contributed by atoms with Crippen LogP contribution < -0.4 is 0 Å². The van der Waals surface area contributed by atoms with Crippen LogP contribution in [0.1, 0.15) is 34.1 Å². The number of hydrogen-bond acceptors (Lipinski definition) is 0. The van der Waals surface area contributed by atoms with Gasteiger partial charge in [-0.15, -0.1) is 0 Å². The standard InChI is InChI=1S/C10H17/c1-7(2)9-6-8(3)10(9,4)5/h8H,3,6H2,1-2,4-5H3. The first-order chi connectivity index (χ1) is 4.46. The number of rotatable bonds is 0. The quantitative estimate of drug-likeness (QED) is 0.450. The highest BCUT2D eigenvalue weighted by molar-refractivity contribution is 5.28. The van der Waals surface area contributed by atoms with Gasteiger partial charge in [-0.3, -0.25) is 0 Å². The molecule has 1 saturated carbocycles. The Morgan fingerprint density at radius 1 is 1.50 bits per heavy atom. The van der Waals surface area contributed by atoms with Gasteiger partial charge >= 0.3 is 0 Å². The van der Waals surface area contributed by atoms with Gasteiger partial charge in [0, 0.05) is 0 Å². The maximum atomic E-state index is 4.10. The first kappa shape index (κ1) is 7.84. The molecule has 1 radical (unpaired) electrons. The lowest BCUT2D eigenvalue weighted by atomic mass is 9.58. The van der Waals surface area contributed by atoms with Gasteiger partial charge in [0.05, 0.1) is 0 Å². The van der Waals surface area contributed by atoms with Crippen LogP contribution in [0.4, 0.5) is 0 Å². The van der Waals surface area contributed by atoms with Gasteiger partial charge in [-0.1, -0.05) is 25.0 Å². The molecule has 0 amide bonds. The van der Waals surface area contributed by atoms with E-state index in [1.54, 1.807) is 5.57 Å². The zero-order chi connectivity index (χ0) is 7.94. The Morgan fingerprint density at radius 3 is 2.10 bits per heavy atom. The highest BCUT2D eigenvalue weighted by atomic mass is 14.4. The van der Waals surface area contributed by atoms with Crippen LogP contribution in [0.5, 0.6) is 0 Å². The molecule has 1 fully saturated rings. The van der Waals surface area contributed by atoms with Gasteiger partial charge in [0.2, 0.25) is 0 Å². The van der Waals surface area contributed by atoms with E-state index in [0.717, 1.165) is 0 Å². The van der Waals surface area contributed by atoms with Gasteiger partial charge in [0.15, 0.2) is 0 Å². The molecule has 1 unspecified atom stereocenters. The zero-order valence-electron chi connectivity index (χ0n) is 7.49. The molecule has 57 valence electrons. The summed E-state index contributed by atoms with van der Waals surface area (Å²) >= 11 is 0. The van der Waals surface area contributed by atoms with Gasteiger partial charge in [-0.2, -0.15) is 0 Å². The van der Waals surface area contributed by atoms with Crippen LogP contribution in [0.25, 0.3) is 0 Å². The molecule has 0 N–H and O–H groups in total. The molecule has 0 heteroatoms. The van der Waals surface area contributed by atoms with Crippen molar-refractivity contribution in [1.82, 2.24) is 0 Å². The minimum absolute atomic E-state index is 0.388. The van der Waals surface area contributed by atoms with Gasteiger partial charge in [0.25, 0.3) is 0 Å². The summed E-state index contributed by atoms with van der Waals surface area (Å²) in [5.74, 6) is 0.636. The van der Waals surface area contributed by atoms with Crippen molar-refractivity contribution >= 4 is 0 Å². The molecule has 0 nitrogen and oxygen atoms in total. The Hall–Kier alpha value is -0.260. The largest absolute Gasteiger partial charge is 0.0767 e. The van der Waals surface area contributed by atoms with Crippen molar-refractivity contribution in [2.45, 2.75) is 34.1 Å². The van der Waals surface area contributed by atoms with E-state index in [1.807, 2.05) is 0 Å². The monoisotopic (exact) mass is 137 g/mol. The topological polar surface area (TPSA) is 0 Å². The van der Waals surface area contributed by atoms with E-state index < -0.39 is 0 Å². The van der Waals surface area contributed by atoms with Gasteiger partial charge < -0.3 is 0 Å². The third-order valence-electron chi connectivity index (χ3n) is 2.85. The molecule has 10 heavy (non-hydrogen) atoms. The normalized spacial score (nSPS) is 29.7. The third kappa shape index (κ3) is 0.902. The van der Waals surface area contributed by atoms with Crippen LogP contribution in [-0.4, -0.2) is 0 Å². The van der Waals surface area contributed by atoms with Crippen molar-refractivity contribution in [3.05, 3.63) is 18.1 Å². The SMILES string of the molecule is [CH2]C1CC(=C(C)C)C1(C)C. The van der Waals surface area contributed by atoms with Crippen LogP contribution in [-0.2, 0) is 0 Å². The van der Waals surface area contributed by atoms with Crippen LogP contribution in [0.15, 0.2) is 11.1 Å². The van der Waals surface area contributed by atoms with E-state index in [2.05, 4.69) is 34.6 Å². The second-order valence-electron chi connectivity index (χ2n) is 4.10. The number of hydrogen-bond donors (Lipinski definition) is 0. The molecule has 0 spiro atoms. The van der Waals surface area contributed by atoms with E-state index in [-0.39, 0.29) is 0 Å². The average molecular weight is 137 g/mol. The maximum Gasteiger partial charge on any atom is -0.0111 e. The van der Waals surface area contributed by atoms with Crippen LogP contribution >= 0.6 is 0 Å².